The van der Waals surface area contributed by atoms with Gasteiger partial charge < -0.3 is 15.0 Å². The van der Waals surface area contributed by atoms with E-state index in [4.69, 9.17) is 15.0 Å². The molecule has 142 valence electrons. The van der Waals surface area contributed by atoms with Crippen molar-refractivity contribution >= 4 is 5.78 Å². The first-order valence-electron chi connectivity index (χ1n) is 9.16. The highest BCUT2D eigenvalue weighted by atomic mass is 16.5. The van der Waals surface area contributed by atoms with Gasteiger partial charge in [-0.3, -0.25) is 4.79 Å². The highest BCUT2D eigenvalue weighted by Crippen LogP contribution is 2.47. The van der Waals surface area contributed by atoms with Crippen molar-refractivity contribution in [3.8, 4) is 17.4 Å². The topological polar surface area (TPSA) is 102 Å². The molecule has 4 rings (SSSR count). The molecule has 6 heteroatoms. The average Bonchev–Trinajstić information content (AvgIpc) is 3.09. The zero-order valence-electron chi connectivity index (χ0n) is 16.1. The Labute approximate surface area is 163 Å². The molecule has 2 aliphatic rings. The number of hydrogen-bond donors (Lipinski definition) is 1. The number of carbonyl (C=O) groups is 1. The molecule has 1 aliphatic carbocycles. The number of hydrogen-bond acceptors (Lipinski definition) is 6. The number of carbonyl (C=O) groups excluding carboxylic acids is 1. The summed E-state index contributed by atoms with van der Waals surface area (Å²) in [5, 5.41) is 13.8. The third kappa shape index (κ3) is 2.99. The molecular formula is C22H21N3O3. The first-order valence-corrected chi connectivity index (χ1v) is 9.16. The number of nitrogens with zero attached hydrogens (tertiary/aromatic N) is 2. The summed E-state index contributed by atoms with van der Waals surface area (Å²) in [6.45, 7) is 6.03. The molecule has 1 aromatic heterocycles. The Morgan fingerprint density at radius 1 is 1.25 bits per heavy atom. The Balaban J connectivity index is 1.81. The summed E-state index contributed by atoms with van der Waals surface area (Å²) in [5.41, 5.74) is 8.96. The summed E-state index contributed by atoms with van der Waals surface area (Å²) in [6.07, 6.45) is 0.958. The minimum absolute atomic E-state index is 0.0247. The van der Waals surface area contributed by atoms with Crippen molar-refractivity contribution in [2.24, 2.45) is 11.1 Å². The molecule has 0 saturated heterocycles. The van der Waals surface area contributed by atoms with Crippen LogP contribution >= 0.6 is 0 Å². The second kappa shape index (κ2) is 6.38. The average molecular weight is 375 g/mol. The Kier molecular flexibility index (Phi) is 4.11. The van der Waals surface area contributed by atoms with Crippen molar-refractivity contribution < 1.29 is 14.1 Å². The highest BCUT2D eigenvalue weighted by Gasteiger charge is 2.44. The van der Waals surface area contributed by atoms with E-state index in [9.17, 15) is 10.1 Å². The van der Waals surface area contributed by atoms with Crippen molar-refractivity contribution in [3.63, 3.8) is 0 Å². The quantitative estimate of drug-likeness (QED) is 0.848. The zero-order chi connectivity index (χ0) is 20.1. The summed E-state index contributed by atoms with van der Waals surface area (Å²) in [4.78, 5) is 12.9. The van der Waals surface area contributed by atoms with Crippen LogP contribution in [0.5, 0.6) is 0 Å². The largest absolute Gasteiger partial charge is 0.444 e. The van der Waals surface area contributed by atoms with Crippen LogP contribution in [0, 0.1) is 23.7 Å². The fourth-order valence-electron chi connectivity index (χ4n) is 3.86. The molecule has 1 atom stereocenters. The molecular weight excluding hydrogens is 354 g/mol. The molecule has 0 spiro atoms. The lowest BCUT2D eigenvalue weighted by atomic mass is 9.71. The van der Waals surface area contributed by atoms with Gasteiger partial charge in [-0.05, 0) is 12.3 Å². The predicted octanol–water partition coefficient (Wildman–Crippen LogP) is 4.10. The fraction of sp³-hybridized carbons (Fsp3) is 0.318. The van der Waals surface area contributed by atoms with E-state index in [1.807, 2.05) is 45.0 Å². The standard InChI is InChI=1S/C22H21N3O3/c1-12-4-6-13(7-5-12)17-8-15(25-28-17)19-14(11-23)21(24)27-18-10-22(2,3)9-16(26)20(18)19/h4-8,19H,9-10,24H2,1-3H3. The monoisotopic (exact) mass is 375 g/mol. The van der Waals surface area contributed by atoms with E-state index < -0.39 is 5.92 Å². The Bertz CT molecular complexity index is 1070. The first kappa shape index (κ1) is 18.1. The molecule has 0 amide bonds. The van der Waals surface area contributed by atoms with Crippen molar-refractivity contribution in [1.29, 1.82) is 5.26 Å². The van der Waals surface area contributed by atoms with Gasteiger partial charge in [-0.15, -0.1) is 0 Å². The van der Waals surface area contributed by atoms with Crippen LogP contribution in [0.2, 0.25) is 0 Å². The van der Waals surface area contributed by atoms with E-state index in [-0.39, 0.29) is 22.7 Å². The van der Waals surface area contributed by atoms with Gasteiger partial charge in [-0.25, -0.2) is 0 Å². The molecule has 0 radical (unpaired) electrons. The molecule has 2 heterocycles. The second-order valence-electron chi connectivity index (χ2n) is 8.18. The van der Waals surface area contributed by atoms with E-state index in [0.29, 0.717) is 35.6 Å². The van der Waals surface area contributed by atoms with Crippen LogP contribution in [0.15, 0.2) is 57.6 Å². The first-order chi connectivity index (χ1) is 13.3. The van der Waals surface area contributed by atoms with Crippen LogP contribution in [0.4, 0.5) is 0 Å². The number of ketones is 1. The fourth-order valence-corrected chi connectivity index (χ4v) is 3.86. The highest BCUT2D eigenvalue weighted by molar-refractivity contribution is 6.00. The smallest absolute Gasteiger partial charge is 0.205 e. The number of nitrogens with two attached hydrogens (primary N) is 1. The molecule has 28 heavy (non-hydrogen) atoms. The van der Waals surface area contributed by atoms with Crippen molar-refractivity contribution in [2.75, 3.05) is 0 Å². The molecule has 2 N–H and O–H groups in total. The summed E-state index contributed by atoms with van der Waals surface area (Å²) < 4.78 is 11.2. The number of Topliss-reactive ketones (excluding diaryl/α,β-unsaturated/α-hetero) is 1. The molecule has 6 nitrogen and oxygen atoms in total. The molecule has 1 aliphatic heterocycles. The third-order valence-corrected chi connectivity index (χ3v) is 5.24. The van der Waals surface area contributed by atoms with Gasteiger partial charge in [0, 0.05) is 30.0 Å². The summed E-state index contributed by atoms with van der Waals surface area (Å²) in [7, 11) is 0. The van der Waals surface area contributed by atoms with Crippen LogP contribution < -0.4 is 5.73 Å². The normalized spacial score (nSPS) is 21.2. The van der Waals surface area contributed by atoms with Gasteiger partial charge in [0.25, 0.3) is 0 Å². The Morgan fingerprint density at radius 3 is 2.64 bits per heavy atom. The molecule has 0 saturated carbocycles. The number of benzene rings is 1. The molecule has 1 aromatic carbocycles. The van der Waals surface area contributed by atoms with Crippen molar-refractivity contribution in [1.82, 2.24) is 5.16 Å². The van der Waals surface area contributed by atoms with Crippen LogP contribution in [0.25, 0.3) is 11.3 Å². The minimum Gasteiger partial charge on any atom is -0.444 e. The van der Waals surface area contributed by atoms with Crippen LogP contribution in [-0.2, 0) is 9.53 Å². The zero-order valence-corrected chi connectivity index (χ0v) is 16.1. The lowest BCUT2D eigenvalue weighted by Crippen LogP contribution is -2.33. The molecule has 0 bridgehead atoms. The molecule has 2 aromatic rings. The number of allylic oxidation sites excluding steroid dienone is 3. The maximum Gasteiger partial charge on any atom is 0.205 e. The molecule has 1 unspecified atom stereocenters. The van der Waals surface area contributed by atoms with Crippen LogP contribution in [0.1, 0.15) is 43.9 Å². The van der Waals surface area contributed by atoms with Crippen LogP contribution in [0.3, 0.4) is 0 Å². The van der Waals surface area contributed by atoms with E-state index in [1.165, 1.54) is 0 Å². The van der Waals surface area contributed by atoms with E-state index in [1.54, 1.807) is 6.07 Å². The maximum absolute atomic E-state index is 12.9. The predicted molar refractivity (Wildman–Crippen MR) is 102 cm³/mol. The van der Waals surface area contributed by atoms with Gasteiger partial charge in [0.1, 0.15) is 17.4 Å². The third-order valence-electron chi connectivity index (χ3n) is 5.24. The summed E-state index contributed by atoms with van der Waals surface area (Å²) >= 11 is 0. The number of aryl methyl sites for hydroxylation is 1. The van der Waals surface area contributed by atoms with E-state index in [0.717, 1.165) is 11.1 Å². The SMILES string of the molecule is Cc1ccc(-c2cc(C3C(C#N)=C(N)OC4=C3C(=O)CC(C)(C)C4)no2)cc1. The number of nitriles is 1. The Hall–Kier alpha value is -3.33. The van der Waals surface area contributed by atoms with E-state index in [2.05, 4.69) is 11.2 Å². The summed E-state index contributed by atoms with van der Waals surface area (Å²) in [5.74, 6) is 0.416. The number of aromatic nitrogens is 1. The van der Waals surface area contributed by atoms with Gasteiger partial charge in [-0.1, -0.05) is 48.8 Å². The maximum atomic E-state index is 12.9. The van der Waals surface area contributed by atoms with Gasteiger partial charge >= 0.3 is 0 Å². The summed E-state index contributed by atoms with van der Waals surface area (Å²) in [6, 6.07) is 11.7. The molecule has 0 fully saturated rings. The lowest BCUT2D eigenvalue weighted by Gasteiger charge is -2.36. The van der Waals surface area contributed by atoms with Gasteiger partial charge in [0.05, 0.1) is 11.6 Å². The lowest BCUT2D eigenvalue weighted by molar-refractivity contribution is -0.119. The number of rotatable bonds is 2. The minimum atomic E-state index is -0.666. The second-order valence-corrected chi connectivity index (χ2v) is 8.18. The van der Waals surface area contributed by atoms with Crippen LogP contribution in [-0.4, -0.2) is 10.9 Å². The van der Waals surface area contributed by atoms with Crippen molar-refractivity contribution in [3.05, 3.63) is 64.4 Å². The van der Waals surface area contributed by atoms with Gasteiger partial charge in [0.15, 0.2) is 11.5 Å². The van der Waals surface area contributed by atoms with Gasteiger partial charge in [0.2, 0.25) is 5.88 Å². The van der Waals surface area contributed by atoms with E-state index >= 15 is 0 Å². The van der Waals surface area contributed by atoms with Gasteiger partial charge in [-0.2, -0.15) is 5.26 Å². The van der Waals surface area contributed by atoms with Crippen molar-refractivity contribution in [2.45, 2.75) is 39.5 Å². The Morgan fingerprint density at radius 2 is 1.96 bits per heavy atom. The number of ether oxygens (including phenoxy) is 1.